The normalized spacial score (nSPS) is 17.2. The Morgan fingerprint density at radius 1 is 1.39 bits per heavy atom. The molecule has 3 rings (SSSR count). The molecule has 2 N–H and O–H groups in total. The predicted molar refractivity (Wildman–Crippen MR) is 69.8 cm³/mol. The van der Waals surface area contributed by atoms with E-state index in [1.165, 1.54) is 0 Å². The summed E-state index contributed by atoms with van der Waals surface area (Å²) in [7, 11) is 1.65. The highest BCUT2D eigenvalue weighted by Crippen LogP contribution is 2.32. The highest BCUT2D eigenvalue weighted by molar-refractivity contribution is 5.84. The van der Waals surface area contributed by atoms with Gasteiger partial charge in [-0.15, -0.1) is 0 Å². The molecular formula is C13H17N3O2. The zero-order valence-electron chi connectivity index (χ0n) is 10.4. The number of rotatable bonds is 2. The van der Waals surface area contributed by atoms with E-state index in [9.17, 15) is 0 Å². The average Bonchev–Trinajstić information content (AvgIpc) is 2.75. The van der Waals surface area contributed by atoms with E-state index >= 15 is 0 Å². The van der Waals surface area contributed by atoms with Gasteiger partial charge in [-0.2, -0.15) is 0 Å². The van der Waals surface area contributed by atoms with Crippen molar-refractivity contribution in [2.24, 2.45) is 0 Å². The molecule has 0 unspecified atom stereocenters. The van der Waals surface area contributed by atoms with Crippen LogP contribution in [0.3, 0.4) is 0 Å². The second kappa shape index (κ2) is 4.49. The molecule has 2 heterocycles. The standard InChI is InChI=1S/C13H17N3O2/c1-17-11-4-2-3-10-12(11)15-13(14)16(10)9-5-7-18-8-6-9/h2-4,9H,5-8H2,1H3,(H2,14,15). The Labute approximate surface area is 106 Å². The van der Waals surface area contributed by atoms with Gasteiger partial charge in [-0.3, -0.25) is 0 Å². The first-order valence-electron chi connectivity index (χ1n) is 6.19. The first-order chi connectivity index (χ1) is 8.81. The number of aromatic nitrogens is 2. The number of fused-ring (bicyclic) bond motifs is 1. The Kier molecular flexibility index (Phi) is 2.83. The smallest absolute Gasteiger partial charge is 0.201 e. The van der Waals surface area contributed by atoms with Crippen molar-refractivity contribution in [3.05, 3.63) is 18.2 Å². The Morgan fingerprint density at radius 2 is 2.17 bits per heavy atom. The Bertz CT molecular complexity index is 559. The van der Waals surface area contributed by atoms with E-state index in [4.69, 9.17) is 15.2 Å². The molecule has 0 amide bonds. The number of benzene rings is 1. The number of imidazole rings is 1. The molecule has 1 fully saturated rings. The van der Waals surface area contributed by atoms with E-state index in [1.54, 1.807) is 7.11 Å². The van der Waals surface area contributed by atoms with Crippen LogP contribution in [-0.4, -0.2) is 29.9 Å². The summed E-state index contributed by atoms with van der Waals surface area (Å²) < 4.78 is 12.8. The lowest BCUT2D eigenvalue weighted by Gasteiger charge is -2.24. The summed E-state index contributed by atoms with van der Waals surface area (Å²) in [6, 6.07) is 6.29. The quantitative estimate of drug-likeness (QED) is 0.881. The zero-order chi connectivity index (χ0) is 12.5. The largest absolute Gasteiger partial charge is 0.494 e. The van der Waals surface area contributed by atoms with Crippen LogP contribution in [0.1, 0.15) is 18.9 Å². The molecule has 5 heteroatoms. The van der Waals surface area contributed by atoms with Crippen molar-refractivity contribution in [3.63, 3.8) is 0 Å². The number of anilines is 1. The van der Waals surface area contributed by atoms with E-state index in [1.807, 2.05) is 18.2 Å². The fraction of sp³-hybridized carbons (Fsp3) is 0.462. The molecule has 0 aliphatic carbocycles. The molecule has 1 saturated heterocycles. The van der Waals surface area contributed by atoms with Crippen LogP contribution in [0.15, 0.2) is 18.2 Å². The topological polar surface area (TPSA) is 62.3 Å². The molecule has 0 radical (unpaired) electrons. The van der Waals surface area contributed by atoms with Crippen LogP contribution in [0, 0.1) is 0 Å². The highest BCUT2D eigenvalue weighted by Gasteiger charge is 2.21. The summed E-state index contributed by atoms with van der Waals surface area (Å²) in [5.74, 6) is 1.33. The molecule has 18 heavy (non-hydrogen) atoms. The van der Waals surface area contributed by atoms with Gasteiger partial charge in [0.2, 0.25) is 5.95 Å². The number of hydrogen-bond donors (Lipinski definition) is 1. The third-order valence-corrected chi connectivity index (χ3v) is 3.49. The summed E-state index contributed by atoms with van der Waals surface area (Å²) in [6.07, 6.45) is 1.96. The monoisotopic (exact) mass is 247 g/mol. The summed E-state index contributed by atoms with van der Waals surface area (Å²) in [5, 5.41) is 0. The van der Waals surface area contributed by atoms with E-state index < -0.39 is 0 Å². The molecular weight excluding hydrogens is 230 g/mol. The highest BCUT2D eigenvalue weighted by atomic mass is 16.5. The number of nitrogens with zero attached hydrogens (tertiary/aromatic N) is 2. The van der Waals surface area contributed by atoms with Crippen LogP contribution in [-0.2, 0) is 4.74 Å². The van der Waals surface area contributed by atoms with Crippen molar-refractivity contribution < 1.29 is 9.47 Å². The Morgan fingerprint density at radius 3 is 2.89 bits per heavy atom. The minimum Gasteiger partial charge on any atom is -0.494 e. The van der Waals surface area contributed by atoms with Gasteiger partial charge < -0.3 is 19.8 Å². The number of para-hydroxylation sites is 1. The summed E-state index contributed by atoms with van der Waals surface area (Å²) in [4.78, 5) is 4.43. The van der Waals surface area contributed by atoms with Gasteiger partial charge in [-0.1, -0.05) is 6.07 Å². The van der Waals surface area contributed by atoms with Crippen LogP contribution < -0.4 is 10.5 Å². The van der Waals surface area contributed by atoms with Gasteiger partial charge in [-0.25, -0.2) is 4.98 Å². The van der Waals surface area contributed by atoms with Gasteiger partial charge in [0.15, 0.2) is 0 Å². The lowest BCUT2D eigenvalue weighted by molar-refractivity contribution is 0.0711. The molecule has 1 aliphatic heterocycles. The van der Waals surface area contributed by atoms with Gasteiger partial charge in [-0.05, 0) is 25.0 Å². The number of nitrogen functional groups attached to an aromatic ring is 1. The number of nitrogens with two attached hydrogens (primary N) is 1. The van der Waals surface area contributed by atoms with Crippen LogP contribution in [0.5, 0.6) is 5.75 Å². The Hall–Kier alpha value is -1.75. The van der Waals surface area contributed by atoms with E-state index in [-0.39, 0.29) is 0 Å². The first kappa shape index (κ1) is 11.3. The molecule has 5 nitrogen and oxygen atoms in total. The molecule has 1 aromatic carbocycles. The van der Waals surface area contributed by atoms with Crippen LogP contribution in [0.4, 0.5) is 5.95 Å². The molecule has 96 valence electrons. The van der Waals surface area contributed by atoms with E-state index in [0.29, 0.717) is 12.0 Å². The summed E-state index contributed by atoms with van der Waals surface area (Å²) in [6.45, 7) is 1.57. The minimum atomic E-state index is 0.371. The molecule has 2 aromatic rings. The van der Waals surface area contributed by atoms with Gasteiger partial charge in [0.1, 0.15) is 11.3 Å². The van der Waals surface area contributed by atoms with Gasteiger partial charge in [0, 0.05) is 19.3 Å². The second-order valence-electron chi connectivity index (χ2n) is 4.51. The van der Waals surface area contributed by atoms with Crippen LogP contribution in [0.25, 0.3) is 11.0 Å². The number of hydrogen-bond acceptors (Lipinski definition) is 4. The molecule has 1 aliphatic rings. The van der Waals surface area contributed by atoms with Gasteiger partial charge in [0.05, 0.1) is 12.6 Å². The maximum absolute atomic E-state index is 6.06. The fourth-order valence-corrected chi connectivity index (χ4v) is 2.60. The summed E-state index contributed by atoms with van der Waals surface area (Å²) >= 11 is 0. The SMILES string of the molecule is COc1cccc2c1nc(N)n2C1CCOCC1. The molecule has 0 atom stereocenters. The van der Waals surface area contributed by atoms with Crippen molar-refractivity contribution in [3.8, 4) is 5.75 Å². The number of methoxy groups -OCH3 is 1. The fourth-order valence-electron chi connectivity index (χ4n) is 2.60. The Balaban J connectivity index is 2.13. The van der Waals surface area contributed by atoms with Gasteiger partial charge >= 0.3 is 0 Å². The second-order valence-corrected chi connectivity index (χ2v) is 4.51. The van der Waals surface area contributed by atoms with Gasteiger partial charge in [0.25, 0.3) is 0 Å². The van der Waals surface area contributed by atoms with Crippen molar-refractivity contribution >= 4 is 17.0 Å². The molecule has 1 aromatic heterocycles. The maximum Gasteiger partial charge on any atom is 0.201 e. The van der Waals surface area contributed by atoms with Crippen LogP contribution >= 0.6 is 0 Å². The predicted octanol–water partition coefficient (Wildman–Crippen LogP) is 1.98. The lowest BCUT2D eigenvalue weighted by atomic mass is 10.1. The minimum absolute atomic E-state index is 0.371. The van der Waals surface area contributed by atoms with Crippen molar-refractivity contribution in [2.45, 2.75) is 18.9 Å². The maximum atomic E-state index is 6.06. The van der Waals surface area contributed by atoms with E-state index in [2.05, 4.69) is 9.55 Å². The third kappa shape index (κ3) is 1.71. The number of ether oxygens (including phenoxy) is 2. The molecule has 0 spiro atoms. The van der Waals surface area contributed by atoms with Crippen molar-refractivity contribution in [1.29, 1.82) is 0 Å². The third-order valence-electron chi connectivity index (χ3n) is 3.49. The summed E-state index contributed by atoms with van der Waals surface area (Å²) in [5.41, 5.74) is 7.94. The van der Waals surface area contributed by atoms with E-state index in [0.717, 1.165) is 42.8 Å². The van der Waals surface area contributed by atoms with Crippen molar-refractivity contribution in [1.82, 2.24) is 9.55 Å². The van der Waals surface area contributed by atoms with Crippen LogP contribution in [0.2, 0.25) is 0 Å². The average molecular weight is 247 g/mol. The molecule has 0 bridgehead atoms. The lowest BCUT2D eigenvalue weighted by Crippen LogP contribution is -2.20. The zero-order valence-corrected chi connectivity index (χ0v) is 10.4. The molecule has 0 saturated carbocycles. The first-order valence-corrected chi connectivity index (χ1v) is 6.19. The van der Waals surface area contributed by atoms with Crippen molar-refractivity contribution in [2.75, 3.05) is 26.1 Å².